The van der Waals surface area contributed by atoms with Crippen molar-refractivity contribution >= 4 is 34.9 Å². The van der Waals surface area contributed by atoms with E-state index in [1.807, 2.05) is 86.4 Å². The van der Waals surface area contributed by atoms with Crippen LogP contribution in [0.1, 0.15) is 42.3 Å². The molecule has 1 spiro atoms. The van der Waals surface area contributed by atoms with Crippen molar-refractivity contribution in [1.29, 1.82) is 0 Å². The van der Waals surface area contributed by atoms with Crippen LogP contribution in [0, 0.1) is 11.3 Å². The molecule has 0 aliphatic carbocycles. The number of carbonyl (C=O) groups excluding carboxylic acids is 3. The quantitative estimate of drug-likeness (QED) is 0.489. The van der Waals surface area contributed by atoms with Crippen molar-refractivity contribution in [3.8, 4) is 11.5 Å². The Kier molecular flexibility index (Phi) is 4.90. The van der Waals surface area contributed by atoms with Gasteiger partial charge in [0.1, 0.15) is 11.5 Å². The van der Waals surface area contributed by atoms with Crippen LogP contribution < -0.4 is 19.7 Å². The number of Topliss-reactive ketones (excluding diaryl/α,β-unsaturated/α-hetero) is 2. The van der Waals surface area contributed by atoms with Crippen molar-refractivity contribution in [3.05, 3.63) is 89.5 Å². The number of benzene rings is 3. The monoisotopic (exact) mass is 520 g/mol. The molecule has 0 radical (unpaired) electrons. The van der Waals surface area contributed by atoms with Gasteiger partial charge in [-0.2, -0.15) is 0 Å². The van der Waals surface area contributed by atoms with Gasteiger partial charge in [-0.15, -0.1) is 0 Å². The van der Waals surface area contributed by atoms with Crippen molar-refractivity contribution in [2.24, 2.45) is 11.3 Å². The van der Waals surface area contributed by atoms with E-state index < -0.39 is 28.8 Å². The lowest BCUT2D eigenvalue weighted by Crippen LogP contribution is -2.51. The fourth-order valence-electron chi connectivity index (χ4n) is 6.79. The molecular weight excluding hydrogens is 492 g/mol. The van der Waals surface area contributed by atoms with Crippen molar-refractivity contribution in [3.63, 3.8) is 0 Å². The number of anilines is 2. The van der Waals surface area contributed by atoms with Gasteiger partial charge in [0, 0.05) is 22.4 Å². The zero-order valence-corrected chi connectivity index (χ0v) is 21.9. The minimum Gasteiger partial charge on any atom is -0.454 e. The number of nitrogens with one attached hydrogen (secondary N) is 1. The predicted octanol–water partition coefficient (Wildman–Crippen LogP) is 5.00. The van der Waals surface area contributed by atoms with Crippen LogP contribution in [0.5, 0.6) is 11.5 Å². The first-order valence-electron chi connectivity index (χ1n) is 13.2. The fourth-order valence-corrected chi connectivity index (χ4v) is 6.79. The van der Waals surface area contributed by atoms with Gasteiger partial charge >= 0.3 is 0 Å². The summed E-state index contributed by atoms with van der Waals surface area (Å²) in [6.45, 7) is 5.68. The lowest BCUT2D eigenvalue weighted by molar-refractivity contribution is -0.128. The zero-order chi connectivity index (χ0) is 27.1. The predicted molar refractivity (Wildman–Crippen MR) is 147 cm³/mol. The molecule has 1 fully saturated rings. The summed E-state index contributed by atoms with van der Waals surface area (Å²) in [7, 11) is 0. The molecule has 0 unspecified atom stereocenters. The molecule has 1 amide bonds. The van der Waals surface area contributed by atoms with Crippen LogP contribution >= 0.6 is 0 Å². The van der Waals surface area contributed by atoms with Gasteiger partial charge < -0.3 is 19.7 Å². The molecule has 4 aliphatic heterocycles. The Labute approximate surface area is 226 Å². The molecule has 7 rings (SSSR count). The van der Waals surface area contributed by atoms with Gasteiger partial charge in [-0.3, -0.25) is 14.4 Å². The Morgan fingerprint density at radius 1 is 0.974 bits per heavy atom. The molecule has 4 aliphatic rings. The summed E-state index contributed by atoms with van der Waals surface area (Å²) < 4.78 is 11.0. The maximum Gasteiger partial charge on any atom is 0.238 e. The lowest BCUT2D eigenvalue weighted by atomic mass is 9.63. The Hall–Kier alpha value is -4.39. The van der Waals surface area contributed by atoms with Crippen LogP contribution in [0.4, 0.5) is 11.4 Å². The van der Waals surface area contributed by atoms with Gasteiger partial charge in [-0.05, 0) is 41.5 Å². The van der Waals surface area contributed by atoms with E-state index in [-0.39, 0.29) is 24.3 Å². The summed E-state index contributed by atoms with van der Waals surface area (Å²) in [6, 6.07) is 19.0. The SMILES string of the molecule is CC(C)(C)C(=O)[C@H]1[C@@H](C(=O)c2ccc3c(c2)OCO3)[C@]2(C(=O)Nc3ccccc32)[C@H]2C=Cc3ccccc3N12. The molecule has 196 valence electrons. The molecule has 1 saturated heterocycles. The second kappa shape index (κ2) is 8.06. The van der Waals surface area contributed by atoms with E-state index in [1.165, 1.54) is 0 Å². The number of ether oxygens (including phenoxy) is 2. The van der Waals surface area contributed by atoms with E-state index in [0.29, 0.717) is 22.7 Å². The highest BCUT2D eigenvalue weighted by Gasteiger charge is 2.70. The number of ketones is 2. The van der Waals surface area contributed by atoms with E-state index in [0.717, 1.165) is 16.8 Å². The number of hydrogen-bond donors (Lipinski definition) is 1. The van der Waals surface area contributed by atoms with Crippen LogP contribution in [-0.4, -0.2) is 36.4 Å². The molecule has 7 heteroatoms. The molecule has 3 aromatic rings. The molecule has 7 nitrogen and oxygen atoms in total. The topological polar surface area (TPSA) is 84.9 Å². The highest BCUT2D eigenvalue weighted by molar-refractivity contribution is 6.17. The second-order valence-corrected chi connectivity index (χ2v) is 11.6. The Balaban J connectivity index is 1.52. The van der Waals surface area contributed by atoms with Crippen LogP contribution in [-0.2, 0) is 15.0 Å². The van der Waals surface area contributed by atoms with Gasteiger partial charge in [-0.1, -0.05) is 69.3 Å². The Morgan fingerprint density at radius 3 is 2.54 bits per heavy atom. The van der Waals surface area contributed by atoms with Crippen molar-refractivity contribution in [1.82, 2.24) is 0 Å². The molecule has 39 heavy (non-hydrogen) atoms. The molecule has 0 bridgehead atoms. The Bertz CT molecular complexity index is 1600. The number of para-hydroxylation sites is 2. The first kappa shape index (κ1) is 23.7. The standard InChI is InChI=1S/C32H28N2O5/c1-31(2,3)29(36)27-26(28(35)19-12-14-23-24(16-19)39-17-38-23)32(20-9-5-6-10-21(20)33-30(32)37)25-15-13-18-8-4-7-11-22(18)34(25)27/h4-16,25-27H,17H2,1-3H3,(H,33,37)/t25-,26+,27-,32-/m1/s1. The van der Waals surface area contributed by atoms with Crippen molar-refractivity contribution in [2.45, 2.75) is 38.3 Å². The average molecular weight is 521 g/mol. The average Bonchev–Trinajstić information content (AvgIpc) is 3.60. The molecule has 1 N–H and O–H groups in total. The second-order valence-electron chi connectivity index (χ2n) is 11.6. The number of hydrogen-bond acceptors (Lipinski definition) is 6. The maximum atomic E-state index is 14.8. The summed E-state index contributed by atoms with van der Waals surface area (Å²) in [4.78, 5) is 45.5. The van der Waals surface area contributed by atoms with Gasteiger partial charge in [-0.25, -0.2) is 0 Å². The highest BCUT2D eigenvalue weighted by Crippen LogP contribution is 2.58. The normalized spacial score (nSPS) is 25.8. The van der Waals surface area contributed by atoms with E-state index >= 15 is 0 Å². The van der Waals surface area contributed by atoms with Crippen LogP contribution in [0.2, 0.25) is 0 Å². The van der Waals surface area contributed by atoms with E-state index in [2.05, 4.69) is 5.32 Å². The summed E-state index contributed by atoms with van der Waals surface area (Å²) in [5, 5.41) is 3.06. The van der Waals surface area contributed by atoms with Gasteiger partial charge in [0.15, 0.2) is 23.1 Å². The van der Waals surface area contributed by atoms with Gasteiger partial charge in [0.05, 0.1) is 12.0 Å². The van der Waals surface area contributed by atoms with E-state index in [4.69, 9.17) is 9.47 Å². The minimum atomic E-state index is -1.32. The minimum absolute atomic E-state index is 0.0820. The van der Waals surface area contributed by atoms with Crippen molar-refractivity contribution in [2.75, 3.05) is 17.0 Å². The number of rotatable bonds is 3. The fraction of sp³-hybridized carbons (Fsp3) is 0.281. The number of amides is 1. The largest absolute Gasteiger partial charge is 0.454 e. The molecular formula is C32H28N2O5. The molecule has 0 saturated carbocycles. The third-order valence-electron chi connectivity index (χ3n) is 8.49. The Morgan fingerprint density at radius 2 is 1.72 bits per heavy atom. The van der Waals surface area contributed by atoms with Crippen molar-refractivity contribution < 1.29 is 23.9 Å². The molecule has 0 aromatic heterocycles. The smallest absolute Gasteiger partial charge is 0.238 e. The first-order valence-corrected chi connectivity index (χ1v) is 13.2. The van der Waals surface area contributed by atoms with Crippen LogP contribution in [0.25, 0.3) is 6.08 Å². The molecule has 4 atom stereocenters. The number of fused-ring (bicyclic) bond motifs is 7. The number of carbonyl (C=O) groups is 3. The lowest BCUT2D eigenvalue weighted by Gasteiger charge is -2.38. The van der Waals surface area contributed by atoms with E-state index in [9.17, 15) is 14.4 Å². The van der Waals surface area contributed by atoms with Gasteiger partial charge in [0.2, 0.25) is 12.7 Å². The summed E-state index contributed by atoms with van der Waals surface area (Å²) in [5.41, 5.74) is 1.48. The molecule has 4 heterocycles. The zero-order valence-electron chi connectivity index (χ0n) is 21.9. The molecule has 3 aromatic carbocycles. The van der Waals surface area contributed by atoms with Crippen LogP contribution in [0.15, 0.2) is 72.8 Å². The summed E-state index contributed by atoms with van der Waals surface area (Å²) >= 11 is 0. The summed E-state index contributed by atoms with van der Waals surface area (Å²) in [6.07, 6.45) is 3.98. The summed E-state index contributed by atoms with van der Waals surface area (Å²) in [5.74, 6) is -0.590. The van der Waals surface area contributed by atoms with Gasteiger partial charge in [0.25, 0.3) is 0 Å². The first-order chi connectivity index (χ1) is 18.7. The maximum absolute atomic E-state index is 14.8. The van der Waals surface area contributed by atoms with Crippen LogP contribution in [0.3, 0.4) is 0 Å². The van der Waals surface area contributed by atoms with E-state index in [1.54, 1.807) is 18.2 Å². The number of nitrogens with zero attached hydrogens (tertiary/aromatic N) is 1. The third kappa shape index (κ3) is 3.13. The third-order valence-corrected chi connectivity index (χ3v) is 8.49. The highest BCUT2D eigenvalue weighted by atomic mass is 16.7.